The molecule has 1 aliphatic rings. The fraction of sp³-hybridized carbons (Fsp3) is 0.600. The maximum atomic E-state index is 13.6. The number of fused-ring (bicyclic) bond motifs is 1. The fourth-order valence-corrected chi connectivity index (χ4v) is 4.79. The van der Waals surface area contributed by atoms with Crippen molar-refractivity contribution in [2.75, 3.05) is 27.3 Å². The van der Waals surface area contributed by atoms with Crippen LogP contribution in [0.5, 0.6) is 5.88 Å². The molecule has 0 saturated carbocycles. The van der Waals surface area contributed by atoms with Crippen molar-refractivity contribution in [1.82, 2.24) is 20.2 Å². The largest absolute Gasteiger partial charge is 0.460 e. The Hall–Kier alpha value is -3.38. The molecule has 1 atom stereocenters. The Morgan fingerprint density at radius 1 is 1.07 bits per heavy atom. The summed E-state index contributed by atoms with van der Waals surface area (Å²) in [4.78, 5) is 36.7. The normalized spacial score (nSPS) is 13.9. The van der Waals surface area contributed by atoms with Crippen LogP contribution in [0.25, 0.3) is 0 Å². The number of hydrogen-bond donors (Lipinski definition) is 1. The number of alkyl halides is 2. The predicted molar refractivity (Wildman–Crippen MR) is 151 cm³/mol. The number of amides is 2. The van der Waals surface area contributed by atoms with Gasteiger partial charge >= 0.3 is 18.6 Å². The van der Waals surface area contributed by atoms with E-state index in [1.807, 2.05) is 6.07 Å². The van der Waals surface area contributed by atoms with Crippen LogP contribution in [-0.4, -0.2) is 72.7 Å². The molecule has 0 spiro atoms. The number of aromatic nitrogens is 2. The van der Waals surface area contributed by atoms with Gasteiger partial charge in [-0.1, -0.05) is 12.1 Å². The molecule has 232 valence electrons. The van der Waals surface area contributed by atoms with E-state index in [-0.39, 0.29) is 18.8 Å². The number of ether oxygens (including phenoxy) is 4. The van der Waals surface area contributed by atoms with E-state index in [9.17, 15) is 18.4 Å². The Labute approximate surface area is 246 Å². The van der Waals surface area contributed by atoms with Gasteiger partial charge in [-0.05, 0) is 76.5 Å². The molecule has 1 aliphatic carbocycles. The van der Waals surface area contributed by atoms with E-state index in [0.29, 0.717) is 24.9 Å². The molecule has 2 heterocycles. The van der Waals surface area contributed by atoms with Gasteiger partial charge in [-0.3, -0.25) is 9.78 Å². The molecule has 1 N–H and O–H groups in total. The molecule has 0 saturated heterocycles. The lowest BCUT2D eigenvalue weighted by Crippen LogP contribution is -2.47. The third-order valence-electron chi connectivity index (χ3n) is 6.76. The summed E-state index contributed by atoms with van der Waals surface area (Å²) in [5, 5.41) is 2.93. The van der Waals surface area contributed by atoms with Gasteiger partial charge in [0.15, 0.2) is 6.29 Å². The first-order chi connectivity index (χ1) is 20.0. The number of halogens is 2. The zero-order valence-electron chi connectivity index (χ0n) is 25.0. The van der Waals surface area contributed by atoms with Crippen molar-refractivity contribution >= 4 is 12.0 Å². The van der Waals surface area contributed by atoms with Gasteiger partial charge in [-0.2, -0.15) is 8.78 Å². The van der Waals surface area contributed by atoms with Crippen molar-refractivity contribution in [2.24, 2.45) is 0 Å². The molecule has 0 radical (unpaired) electrons. The van der Waals surface area contributed by atoms with E-state index < -0.39 is 36.5 Å². The van der Waals surface area contributed by atoms with Crippen LogP contribution in [-0.2, 0) is 38.3 Å². The van der Waals surface area contributed by atoms with Crippen molar-refractivity contribution in [3.05, 3.63) is 53.0 Å². The number of nitrogens with one attached hydrogen (secondary N) is 1. The van der Waals surface area contributed by atoms with Crippen LogP contribution < -0.4 is 10.1 Å². The van der Waals surface area contributed by atoms with Gasteiger partial charge in [-0.15, -0.1) is 0 Å². The number of pyridine rings is 2. The van der Waals surface area contributed by atoms with Gasteiger partial charge in [0.2, 0.25) is 5.88 Å². The SMILES string of the molecule is COC(CN(C(=O)NCCCc1ccc2c(n1)CCCC2)[C@@H](CC(=O)OC(C)(C)C)c1ccc(OC(F)F)nc1)OC. The van der Waals surface area contributed by atoms with Crippen LogP contribution in [0.3, 0.4) is 0 Å². The second-order valence-electron chi connectivity index (χ2n) is 11.1. The monoisotopic (exact) mass is 592 g/mol. The summed E-state index contributed by atoms with van der Waals surface area (Å²) in [7, 11) is 2.88. The van der Waals surface area contributed by atoms with E-state index in [1.165, 1.54) is 55.1 Å². The number of esters is 1. The Balaban J connectivity index is 1.77. The molecule has 0 unspecified atom stereocenters. The fourth-order valence-electron chi connectivity index (χ4n) is 4.79. The topological polar surface area (TPSA) is 112 Å². The highest BCUT2D eigenvalue weighted by atomic mass is 19.3. The highest BCUT2D eigenvalue weighted by Crippen LogP contribution is 2.28. The van der Waals surface area contributed by atoms with Gasteiger partial charge in [0.05, 0.1) is 19.0 Å². The number of nitrogens with zero attached hydrogens (tertiary/aromatic N) is 3. The highest BCUT2D eigenvalue weighted by molar-refractivity contribution is 5.77. The molecule has 2 aromatic heterocycles. The molecular formula is C30H42F2N4O6. The van der Waals surface area contributed by atoms with Crippen LogP contribution in [0.2, 0.25) is 0 Å². The predicted octanol–water partition coefficient (Wildman–Crippen LogP) is 4.99. The van der Waals surface area contributed by atoms with Gasteiger partial charge < -0.3 is 29.2 Å². The van der Waals surface area contributed by atoms with Crippen LogP contribution in [0.1, 0.15) is 75.0 Å². The number of hydrogen-bond acceptors (Lipinski definition) is 8. The average molecular weight is 593 g/mol. The zero-order chi connectivity index (χ0) is 30.7. The van der Waals surface area contributed by atoms with Crippen LogP contribution >= 0.6 is 0 Å². The van der Waals surface area contributed by atoms with Crippen molar-refractivity contribution in [1.29, 1.82) is 0 Å². The maximum Gasteiger partial charge on any atom is 0.388 e. The molecule has 2 aromatic rings. The first-order valence-electron chi connectivity index (χ1n) is 14.2. The molecule has 0 fully saturated rings. The van der Waals surface area contributed by atoms with Crippen LogP contribution in [0.15, 0.2) is 30.5 Å². The summed E-state index contributed by atoms with van der Waals surface area (Å²) in [6, 6.07) is 5.61. The number of carbonyl (C=O) groups excluding carboxylic acids is 2. The van der Waals surface area contributed by atoms with E-state index >= 15 is 0 Å². The number of rotatable bonds is 14. The van der Waals surface area contributed by atoms with Crippen molar-refractivity contribution in [3.8, 4) is 5.88 Å². The van der Waals surface area contributed by atoms with E-state index in [1.54, 1.807) is 20.8 Å². The third kappa shape index (κ3) is 10.5. The molecule has 10 nitrogen and oxygen atoms in total. The summed E-state index contributed by atoms with van der Waals surface area (Å²) >= 11 is 0. The second-order valence-corrected chi connectivity index (χ2v) is 11.1. The number of carbonyl (C=O) groups is 2. The molecule has 42 heavy (non-hydrogen) atoms. The summed E-state index contributed by atoms with van der Waals surface area (Å²) in [6.07, 6.45) is 6.04. The standard InChI is InChI=1S/C30H42F2N4O6/c1-30(2,3)42-26(37)17-24(21-13-15-25(34-18-21)41-28(31)32)36(19-27(39-4)40-5)29(38)33-16-8-10-22-14-12-20-9-6-7-11-23(20)35-22/h12-15,18,24,27-28H,6-11,16-17,19H2,1-5H3,(H,33,38)/t24-/m0/s1. The lowest BCUT2D eigenvalue weighted by molar-refractivity contribution is -0.157. The Morgan fingerprint density at radius 2 is 1.81 bits per heavy atom. The van der Waals surface area contributed by atoms with Crippen molar-refractivity contribution in [3.63, 3.8) is 0 Å². The number of urea groups is 1. The van der Waals surface area contributed by atoms with Crippen molar-refractivity contribution < 1.29 is 37.3 Å². The average Bonchev–Trinajstić information content (AvgIpc) is 2.94. The summed E-state index contributed by atoms with van der Waals surface area (Å²) in [5.41, 5.74) is 3.14. The lowest BCUT2D eigenvalue weighted by Gasteiger charge is -2.34. The zero-order valence-corrected chi connectivity index (χ0v) is 25.0. The van der Waals surface area contributed by atoms with E-state index in [2.05, 4.69) is 21.1 Å². The minimum Gasteiger partial charge on any atom is -0.460 e. The summed E-state index contributed by atoms with van der Waals surface area (Å²) < 4.78 is 46.0. The number of methoxy groups -OCH3 is 2. The lowest BCUT2D eigenvalue weighted by atomic mass is 9.95. The molecular weight excluding hydrogens is 550 g/mol. The first-order valence-corrected chi connectivity index (χ1v) is 14.2. The molecule has 0 bridgehead atoms. The maximum absolute atomic E-state index is 13.6. The third-order valence-corrected chi connectivity index (χ3v) is 6.76. The molecule has 12 heteroatoms. The second kappa shape index (κ2) is 15.7. The smallest absolute Gasteiger partial charge is 0.388 e. The first kappa shape index (κ1) is 33.1. The van der Waals surface area contributed by atoms with Gasteiger partial charge in [0, 0.05) is 44.4 Å². The van der Waals surface area contributed by atoms with Crippen LogP contribution in [0, 0.1) is 0 Å². The molecule has 0 aromatic carbocycles. The minimum absolute atomic E-state index is 0.0338. The minimum atomic E-state index is -3.04. The highest BCUT2D eigenvalue weighted by Gasteiger charge is 2.32. The summed E-state index contributed by atoms with van der Waals surface area (Å²) in [6.45, 7) is 2.51. The van der Waals surface area contributed by atoms with Crippen molar-refractivity contribution in [2.45, 2.75) is 90.3 Å². The van der Waals surface area contributed by atoms with Gasteiger partial charge in [0.25, 0.3) is 0 Å². The molecule has 2 amide bonds. The Bertz CT molecular complexity index is 1160. The number of aryl methyl sites for hydroxylation is 3. The van der Waals surface area contributed by atoms with E-state index in [4.69, 9.17) is 19.2 Å². The quantitative estimate of drug-likeness (QED) is 0.186. The van der Waals surface area contributed by atoms with Gasteiger partial charge in [-0.25, -0.2) is 9.78 Å². The summed E-state index contributed by atoms with van der Waals surface area (Å²) in [5.74, 6) is -0.841. The Morgan fingerprint density at radius 3 is 2.45 bits per heavy atom. The van der Waals surface area contributed by atoms with Crippen LogP contribution in [0.4, 0.5) is 13.6 Å². The Kier molecular flexibility index (Phi) is 12.4. The van der Waals surface area contributed by atoms with E-state index in [0.717, 1.165) is 25.0 Å². The molecule has 3 rings (SSSR count). The van der Waals surface area contributed by atoms with Gasteiger partial charge in [0.1, 0.15) is 5.60 Å². The molecule has 0 aliphatic heterocycles.